The van der Waals surface area contributed by atoms with E-state index in [0.29, 0.717) is 10.1 Å². The first-order chi connectivity index (χ1) is 6.18. The Kier molecular flexibility index (Phi) is 1.77. The summed E-state index contributed by atoms with van der Waals surface area (Å²) in [5.41, 5.74) is 0.635. The molecule has 0 aliphatic rings. The molecule has 1 N–H and O–H groups in total. The first-order valence-corrected chi connectivity index (χ1v) is 4.21. The third-order valence-corrected chi connectivity index (χ3v) is 2.01. The molecule has 0 radical (unpaired) electrons. The van der Waals surface area contributed by atoms with Gasteiger partial charge in [-0.25, -0.2) is 4.79 Å². The largest absolute Gasteiger partial charge is 0.478 e. The molecule has 0 unspecified atom stereocenters. The number of fused-ring (bicyclic) bond motifs is 1. The van der Waals surface area contributed by atoms with Gasteiger partial charge in [0.25, 0.3) is 0 Å². The second-order valence-corrected chi connectivity index (χ2v) is 3.21. The predicted molar refractivity (Wildman–Crippen MR) is 47.6 cm³/mol. The van der Waals surface area contributed by atoms with Gasteiger partial charge in [-0.2, -0.15) is 5.10 Å². The topological polar surface area (TPSA) is 67.5 Å². The maximum Gasteiger partial charge on any atom is 0.339 e. The fourth-order valence-corrected chi connectivity index (χ4v) is 1.30. The van der Waals surface area contributed by atoms with Crippen LogP contribution in [0.15, 0.2) is 22.9 Å². The van der Waals surface area contributed by atoms with E-state index >= 15 is 0 Å². The highest BCUT2D eigenvalue weighted by molar-refractivity contribution is 9.10. The number of rotatable bonds is 1. The molecule has 2 heterocycles. The van der Waals surface area contributed by atoms with Crippen molar-refractivity contribution in [3.63, 3.8) is 0 Å². The standard InChI is InChI=1S/C7H4BrN3O2/c8-6-2-1-5-4(7(12)13)3-9-11(5)10-6/h1-3H,(H,12,13). The van der Waals surface area contributed by atoms with Crippen LogP contribution in [0, 0.1) is 0 Å². The summed E-state index contributed by atoms with van der Waals surface area (Å²) in [5.74, 6) is -1.00. The SMILES string of the molecule is O=C(O)c1cnn2nc(Br)ccc12. The molecule has 0 atom stereocenters. The normalized spacial score (nSPS) is 10.5. The van der Waals surface area contributed by atoms with Crippen LogP contribution in [0.5, 0.6) is 0 Å². The monoisotopic (exact) mass is 241 g/mol. The second kappa shape index (κ2) is 2.81. The molecule has 0 amide bonds. The molecule has 0 spiro atoms. The van der Waals surface area contributed by atoms with Crippen molar-refractivity contribution in [2.75, 3.05) is 0 Å². The molecule has 0 saturated heterocycles. The average molecular weight is 242 g/mol. The van der Waals surface area contributed by atoms with Crippen LogP contribution in [0.2, 0.25) is 0 Å². The number of nitrogens with zero attached hydrogens (tertiary/aromatic N) is 3. The first kappa shape index (κ1) is 8.18. The average Bonchev–Trinajstić information content (AvgIpc) is 2.46. The molecular formula is C7H4BrN3O2. The van der Waals surface area contributed by atoms with E-state index in [2.05, 4.69) is 26.1 Å². The van der Waals surface area contributed by atoms with E-state index in [1.54, 1.807) is 12.1 Å². The van der Waals surface area contributed by atoms with Gasteiger partial charge in [-0.05, 0) is 28.1 Å². The molecule has 6 heteroatoms. The molecule has 13 heavy (non-hydrogen) atoms. The lowest BCUT2D eigenvalue weighted by atomic mass is 10.3. The number of carboxylic acids is 1. The Hall–Kier alpha value is -1.43. The Morgan fingerprint density at radius 1 is 1.54 bits per heavy atom. The number of hydrogen-bond acceptors (Lipinski definition) is 3. The van der Waals surface area contributed by atoms with Gasteiger partial charge < -0.3 is 5.11 Å². The molecule has 2 rings (SSSR count). The molecule has 0 aliphatic carbocycles. The quantitative estimate of drug-likeness (QED) is 0.815. The summed E-state index contributed by atoms with van der Waals surface area (Å²) in [6, 6.07) is 3.32. The Bertz CT molecular complexity index is 480. The van der Waals surface area contributed by atoms with Crippen LogP contribution in [0.3, 0.4) is 0 Å². The van der Waals surface area contributed by atoms with Gasteiger partial charge in [0.05, 0.1) is 6.20 Å². The van der Waals surface area contributed by atoms with Crippen molar-refractivity contribution in [1.82, 2.24) is 14.8 Å². The maximum absolute atomic E-state index is 10.7. The van der Waals surface area contributed by atoms with Crippen LogP contribution < -0.4 is 0 Å². The smallest absolute Gasteiger partial charge is 0.339 e. The summed E-state index contributed by atoms with van der Waals surface area (Å²) in [7, 11) is 0. The van der Waals surface area contributed by atoms with E-state index in [-0.39, 0.29) is 5.56 Å². The van der Waals surface area contributed by atoms with Crippen molar-refractivity contribution in [3.05, 3.63) is 28.5 Å². The fourth-order valence-electron chi connectivity index (χ4n) is 1.02. The Morgan fingerprint density at radius 3 is 3.00 bits per heavy atom. The highest BCUT2D eigenvalue weighted by Gasteiger charge is 2.10. The van der Waals surface area contributed by atoms with Crippen molar-refractivity contribution in [1.29, 1.82) is 0 Å². The van der Waals surface area contributed by atoms with E-state index in [0.717, 1.165) is 0 Å². The highest BCUT2D eigenvalue weighted by atomic mass is 79.9. The molecule has 0 bridgehead atoms. The van der Waals surface area contributed by atoms with Crippen LogP contribution in [-0.2, 0) is 0 Å². The van der Waals surface area contributed by atoms with E-state index in [1.807, 2.05) is 0 Å². The fraction of sp³-hybridized carbons (Fsp3) is 0. The Morgan fingerprint density at radius 2 is 2.31 bits per heavy atom. The zero-order valence-electron chi connectivity index (χ0n) is 6.31. The van der Waals surface area contributed by atoms with Crippen molar-refractivity contribution < 1.29 is 9.90 Å². The van der Waals surface area contributed by atoms with Gasteiger partial charge in [-0.1, -0.05) is 0 Å². The predicted octanol–water partition coefficient (Wildman–Crippen LogP) is 1.19. The zero-order chi connectivity index (χ0) is 9.42. The van der Waals surface area contributed by atoms with Gasteiger partial charge in [0.2, 0.25) is 0 Å². The molecule has 2 aromatic heterocycles. The van der Waals surface area contributed by atoms with Crippen molar-refractivity contribution in [2.45, 2.75) is 0 Å². The van der Waals surface area contributed by atoms with Crippen LogP contribution in [0.25, 0.3) is 5.52 Å². The molecule has 0 saturated carbocycles. The van der Waals surface area contributed by atoms with Crippen molar-refractivity contribution in [3.8, 4) is 0 Å². The number of hydrogen-bond donors (Lipinski definition) is 1. The van der Waals surface area contributed by atoms with Crippen molar-refractivity contribution >= 4 is 27.4 Å². The zero-order valence-corrected chi connectivity index (χ0v) is 7.89. The van der Waals surface area contributed by atoms with E-state index in [4.69, 9.17) is 5.11 Å². The summed E-state index contributed by atoms with van der Waals surface area (Å²) >= 11 is 3.16. The molecule has 2 aromatic rings. The number of carboxylic acid groups (broad SMARTS) is 1. The number of aromatic nitrogens is 3. The van der Waals surface area contributed by atoms with Gasteiger partial charge in [0, 0.05) is 0 Å². The third kappa shape index (κ3) is 1.29. The minimum atomic E-state index is -1.00. The molecule has 0 aliphatic heterocycles. The third-order valence-electron chi connectivity index (χ3n) is 1.59. The van der Waals surface area contributed by atoms with Gasteiger partial charge >= 0.3 is 5.97 Å². The maximum atomic E-state index is 10.7. The Labute approximate surface area is 81.1 Å². The lowest BCUT2D eigenvalue weighted by Gasteiger charge is -1.92. The summed E-state index contributed by atoms with van der Waals surface area (Å²) in [5, 5.41) is 16.5. The van der Waals surface area contributed by atoms with Crippen LogP contribution >= 0.6 is 15.9 Å². The Balaban J connectivity index is 2.76. The first-order valence-electron chi connectivity index (χ1n) is 3.42. The highest BCUT2D eigenvalue weighted by Crippen LogP contribution is 2.12. The lowest BCUT2D eigenvalue weighted by molar-refractivity contribution is 0.0699. The summed E-state index contributed by atoms with van der Waals surface area (Å²) in [4.78, 5) is 10.7. The summed E-state index contributed by atoms with van der Waals surface area (Å²) in [6.07, 6.45) is 1.27. The summed E-state index contributed by atoms with van der Waals surface area (Å²) < 4.78 is 1.88. The summed E-state index contributed by atoms with van der Waals surface area (Å²) in [6.45, 7) is 0. The minimum absolute atomic E-state index is 0.153. The van der Waals surface area contributed by atoms with Crippen molar-refractivity contribution in [2.24, 2.45) is 0 Å². The minimum Gasteiger partial charge on any atom is -0.478 e. The van der Waals surface area contributed by atoms with Crippen LogP contribution in [0.1, 0.15) is 10.4 Å². The molecule has 0 aromatic carbocycles. The number of aromatic carboxylic acids is 1. The van der Waals surface area contributed by atoms with E-state index in [9.17, 15) is 4.79 Å². The molecule has 0 fully saturated rings. The number of halogens is 1. The van der Waals surface area contributed by atoms with Gasteiger partial charge in [-0.15, -0.1) is 9.73 Å². The van der Waals surface area contributed by atoms with E-state index < -0.39 is 5.97 Å². The van der Waals surface area contributed by atoms with Gasteiger partial charge in [0.1, 0.15) is 15.7 Å². The second-order valence-electron chi connectivity index (χ2n) is 2.39. The number of carbonyl (C=O) groups is 1. The van der Waals surface area contributed by atoms with Gasteiger partial charge in [-0.3, -0.25) is 0 Å². The molecule has 5 nitrogen and oxygen atoms in total. The van der Waals surface area contributed by atoms with Crippen LogP contribution in [-0.4, -0.2) is 25.9 Å². The molecular weight excluding hydrogens is 238 g/mol. The van der Waals surface area contributed by atoms with Gasteiger partial charge in [0.15, 0.2) is 0 Å². The lowest BCUT2D eigenvalue weighted by Crippen LogP contribution is -1.97. The van der Waals surface area contributed by atoms with Crippen LogP contribution in [0.4, 0.5) is 0 Å². The van der Waals surface area contributed by atoms with E-state index in [1.165, 1.54) is 10.8 Å². The molecule has 66 valence electrons.